The maximum absolute atomic E-state index is 11.5. The van der Waals surface area contributed by atoms with Gasteiger partial charge in [-0.3, -0.25) is 9.78 Å². The van der Waals surface area contributed by atoms with Gasteiger partial charge in [-0.2, -0.15) is 4.98 Å². The topological polar surface area (TPSA) is 78.9 Å². The highest BCUT2D eigenvalue weighted by Crippen LogP contribution is 2.20. The fourth-order valence-corrected chi connectivity index (χ4v) is 1.75. The molecule has 0 bridgehead atoms. The molecule has 2 heterocycles. The van der Waals surface area contributed by atoms with Crippen molar-refractivity contribution in [2.45, 2.75) is 13.3 Å². The van der Waals surface area contributed by atoms with E-state index in [9.17, 15) is 9.90 Å². The van der Waals surface area contributed by atoms with E-state index < -0.39 is 0 Å². The van der Waals surface area contributed by atoms with Crippen molar-refractivity contribution in [3.63, 3.8) is 0 Å². The monoisotopic (exact) mass is 343 g/mol. The summed E-state index contributed by atoms with van der Waals surface area (Å²) < 4.78 is 0.181. The van der Waals surface area contributed by atoms with Crippen LogP contribution in [0.1, 0.15) is 12.5 Å². The average Bonchev–Trinajstić information content (AvgIpc) is 2.35. The number of hydrogen-bond acceptors (Lipinski definition) is 4. The molecule has 0 aliphatic carbocycles. The molecular formula is C11H10IN3O2. The summed E-state index contributed by atoms with van der Waals surface area (Å²) in [4.78, 5) is 22.3. The molecule has 0 aromatic carbocycles. The number of rotatable bonds is 2. The molecule has 88 valence electrons. The molecule has 2 N–H and O–H groups in total. The molecule has 5 nitrogen and oxygen atoms in total. The minimum Gasteiger partial charge on any atom is -0.492 e. The minimum absolute atomic E-state index is 0.181. The van der Waals surface area contributed by atoms with Gasteiger partial charge >= 0.3 is 0 Å². The van der Waals surface area contributed by atoms with Crippen molar-refractivity contribution in [1.29, 1.82) is 0 Å². The summed E-state index contributed by atoms with van der Waals surface area (Å²) in [7, 11) is 0. The van der Waals surface area contributed by atoms with Crippen LogP contribution in [0.3, 0.4) is 0 Å². The number of halogens is 1. The quantitative estimate of drug-likeness (QED) is 0.814. The van der Waals surface area contributed by atoms with Gasteiger partial charge in [0.1, 0.15) is 9.26 Å². The molecule has 0 unspecified atom stereocenters. The summed E-state index contributed by atoms with van der Waals surface area (Å²) in [6.07, 6.45) is 2.41. The first kappa shape index (κ1) is 12.0. The SMILES string of the molecule is CCc1cccnc1-c1nc(O)c(I)c(=O)[nH]1. The summed E-state index contributed by atoms with van der Waals surface area (Å²) in [6.45, 7) is 1.99. The summed E-state index contributed by atoms with van der Waals surface area (Å²) in [6, 6.07) is 3.74. The Morgan fingerprint density at radius 3 is 2.94 bits per heavy atom. The Kier molecular flexibility index (Phi) is 3.41. The highest BCUT2D eigenvalue weighted by Gasteiger charge is 2.12. The molecule has 0 amide bonds. The van der Waals surface area contributed by atoms with Crippen LogP contribution in [0.15, 0.2) is 23.1 Å². The van der Waals surface area contributed by atoms with Gasteiger partial charge in [-0.15, -0.1) is 0 Å². The van der Waals surface area contributed by atoms with Gasteiger partial charge in [0.25, 0.3) is 5.56 Å². The Balaban J connectivity index is 2.65. The van der Waals surface area contributed by atoms with Crippen molar-refractivity contribution in [2.24, 2.45) is 0 Å². The van der Waals surface area contributed by atoms with Crippen LogP contribution >= 0.6 is 22.6 Å². The fourth-order valence-electron chi connectivity index (χ4n) is 1.50. The van der Waals surface area contributed by atoms with Gasteiger partial charge in [0, 0.05) is 6.20 Å². The average molecular weight is 343 g/mol. The van der Waals surface area contributed by atoms with Gasteiger partial charge in [0.2, 0.25) is 5.88 Å². The van der Waals surface area contributed by atoms with Crippen LogP contribution < -0.4 is 5.56 Å². The molecule has 0 saturated carbocycles. The maximum Gasteiger partial charge on any atom is 0.268 e. The van der Waals surface area contributed by atoms with Crippen LogP contribution in [-0.4, -0.2) is 20.1 Å². The Labute approximate surface area is 111 Å². The normalized spacial score (nSPS) is 10.5. The number of hydrogen-bond donors (Lipinski definition) is 2. The van der Waals surface area contributed by atoms with Crippen molar-refractivity contribution < 1.29 is 5.11 Å². The van der Waals surface area contributed by atoms with Gasteiger partial charge in [-0.1, -0.05) is 13.0 Å². The zero-order chi connectivity index (χ0) is 12.4. The van der Waals surface area contributed by atoms with E-state index in [-0.39, 0.29) is 15.0 Å². The molecular weight excluding hydrogens is 333 g/mol. The second-order valence-electron chi connectivity index (χ2n) is 3.42. The Morgan fingerprint density at radius 1 is 1.53 bits per heavy atom. The Morgan fingerprint density at radius 2 is 2.29 bits per heavy atom. The van der Waals surface area contributed by atoms with Crippen LogP contribution in [0.4, 0.5) is 0 Å². The lowest BCUT2D eigenvalue weighted by molar-refractivity contribution is 0.447. The Hall–Kier alpha value is -1.44. The smallest absolute Gasteiger partial charge is 0.268 e. The molecule has 2 aromatic rings. The second-order valence-corrected chi connectivity index (χ2v) is 4.50. The van der Waals surface area contributed by atoms with Gasteiger partial charge in [-0.05, 0) is 40.6 Å². The molecule has 0 aliphatic rings. The molecule has 2 aromatic heterocycles. The van der Waals surface area contributed by atoms with E-state index in [4.69, 9.17) is 0 Å². The van der Waals surface area contributed by atoms with Gasteiger partial charge < -0.3 is 10.1 Å². The van der Waals surface area contributed by atoms with E-state index in [1.165, 1.54) is 0 Å². The van der Waals surface area contributed by atoms with Gasteiger partial charge in [0.05, 0.1) is 0 Å². The van der Waals surface area contributed by atoms with E-state index in [1.54, 1.807) is 28.8 Å². The fraction of sp³-hybridized carbons (Fsp3) is 0.182. The molecule has 2 rings (SSSR count). The summed E-state index contributed by atoms with van der Waals surface area (Å²) in [5.74, 6) is 0.0300. The second kappa shape index (κ2) is 4.82. The van der Waals surface area contributed by atoms with Crippen molar-refractivity contribution >= 4 is 22.6 Å². The van der Waals surface area contributed by atoms with E-state index >= 15 is 0 Å². The van der Waals surface area contributed by atoms with Gasteiger partial charge in [-0.25, -0.2) is 0 Å². The lowest BCUT2D eigenvalue weighted by Crippen LogP contribution is -2.13. The molecule has 0 saturated heterocycles. The van der Waals surface area contributed by atoms with Crippen LogP contribution in [0.25, 0.3) is 11.5 Å². The van der Waals surface area contributed by atoms with Crippen LogP contribution in [0.2, 0.25) is 0 Å². The first-order valence-electron chi connectivity index (χ1n) is 5.06. The number of H-pyrrole nitrogens is 1. The van der Waals surface area contributed by atoms with Crippen LogP contribution in [-0.2, 0) is 6.42 Å². The number of nitrogens with one attached hydrogen (secondary N) is 1. The summed E-state index contributed by atoms with van der Waals surface area (Å²) >= 11 is 1.75. The van der Waals surface area contributed by atoms with E-state index in [0.717, 1.165) is 12.0 Å². The van der Waals surface area contributed by atoms with E-state index in [0.29, 0.717) is 11.5 Å². The number of aromatic amines is 1. The standard InChI is InChI=1S/C11H10IN3O2/c1-2-6-4-3-5-13-8(6)9-14-10(16)7(12)11(17)15-9/h3-5H,2H2,1H3,(H2,14,15,16,17). The lowest BCUT2D eigenvalue weighted by atomic mass is 10.1. The predicted octanol–water partition coefficient (Wildman–Crippen LogP) is 1.70. The van der Waals surface area contributed by atoms with Crippen LogP contribution in [0, 0.1) is 3.57 Å². The van der Waals surface area contributed by atoms with E-state index in [1.807, 2.05) is 19.1 Å². The zero-order valence-corrected chi connectivity index (χ0v) is 11.2. The highest BCUT2D eigenvalue weighted by atomic mass is 127. The number of aromatic nitrogens is 3. The molecule has 0 spiro atoms. The first-order valence-corrected chi connectivity index (χ1v) is 6.14. The van der Waals surface area contributed by atoms with Crippen molar-refractivity contribution in [3.8, 4) is 17.4 Å². The number of aromatic hydroxyl groups is 1. The molecule has 0 fully saturated rings. The summed E-state index contributed by atoms with van der Waals surface area (Å²) in [5.41, 5.74) is 1.20. The number of aryl methyl sites for hydroxylation is 1. The number of nitrogens with zero attached hydrogens (tertiary/aromatic N) is 2. The molecule has 0 aliphatic heterocycles. The first-order chi connectivity index (χ1) is 8.13. The van der Waals surface area contributed by atoms with Crippen molar-refractivity contribution in [2.75, 3.05) is 0 Å². The molecule has 0 radical (unpaired) electrons. The number of pyridine rings is 1. The third-order valence-electron chi connectivity index (χ3n) is 2.34. The largest absolute Gasteiger partial charge is 0.492 e. The highest BCUT2D eigenvalue weighted by molar-refractivity contribution is 14.1. The van der Waals surface area contributed by atoms with Crippen molar-refractivity contribution in [3.05, 3.63) is 37.8 Å². The maximum atomic E-state index is 11.5. The third-order valence-corrected chi connectivity index (χ3v) is 3.31. The Bertz CT molecular complexity index is 610. The molecule has 6 heteroatoms. The molecule has 17 heavy (non-hydrogen) atoms. The van der Waals surface area contributed by atoms with Gasteiger partial charge in [0.15, 0.2) is 5.82 Å². The summed E-state index contributed by atoms with van der Waals surface area (Å²) in [5, 5.41) is 9.54. The third kappa shape index (κ3) is 2.31. The van der Waals surface area contributed by atoms with E-state index in [2.05, 4.69) is 15.0 Å². The lowest BCUT2D eigenvalue weighted by Gasteiger charge is -2.06. The predicted molar refractivity (Wildman–Crippen MR) is 71.8 cm³/mol. The van der Waals surface area contributed by atoms with Crippen LogP contribution in [0.5, 0.6) is 5.88 Å². The minimum atomic E-state index is -0.360. The van der Waals surface area contributed by atoms with Crippen molar-refractivity contribution in [1.82, 2.24) is 15.0 Å². The molecule has 0 atom stereocenters. The zero-order valence-electron chi connectivity index (χ0n) is 9.07.